The van der Waals surface area contributed by atoms with Crippen LogP contribution in [0.5, 0.6) is 0 Å². The van der Waals surface area contributed by atoms with Gasteiger partial charge in [0.2, 0.25) is 5.76 Å². The smallest absolute Gasteiger partial charge is 0.291 e. The van der Waals surface area contributed by atoms with Gasteiger partial charge in [0.25, 0.3) is 5.91 Å². The normalized spacial score (nSPS) is 15.2. The summed E-state index contributed by atoms with van der Waals surface area (Å²) in [5.74, 6) is 0.604. The van der Waals surface area contributed by atoms with Gasteiger partial charge in [-0.1, -0.05) is 26.0 Å². The standard InChI is InChI=1S/C18H22FN3O2/c1-12(2)16-17(24-13(3)20-16)18(23)22-10-8-21(9-11-22)15-7-5-4-6-14(15)19/h4-7,12H,8-11H2,1-3H3. The number of anilines is 1. The third-order valence-electron chi connectivity index (χ3n) is 4.26. The number of oxazole rings is 1. The minimum absolute atomic E-state index is 0.126. The van der Waals surface area contributed by atoms with Crippen molar-refractivity contribution >= 4 is 11.6 Å². The Morgan fingerprint density at radius 3 is 2.50 bits per heavy atom. The van der Waals surface area contributed by atoms with Gasteiger partial charge in [-0.3, -0.25) is 4.79 Å². The maximum atomic E-state index is 13.9. The van der Waals surface area contributed by atoms with Crippen molar-refractivity contribution in [2.75, 3.05) is 31.1 Å². The van der Waals surface area contributed by atoms with Gasteiger partial charge in [-0.15, -0.1) is 0 Å². The first kappa shape index (κ1) is 16.5. The van der Waals surface area contributed by atoms with Crippen molar-refractivity contribution in [3.05, 3.63) is 47.4 Å². The number of para-hydroxylation sites is 1. The lowest BCUT2D eigenvalue weighted by Crippen LogP contribution is -2.49. The van der Waals surface area contributed by atoms with E-state index < -0.39 is 0 Å². The van der Waals surface area contributed by atoms with Crippen molar-refractivity contribution < 1.29 is 13.6 Å². The van der Waals surface area contributed by atoms with E-state index in [1.807, 2.05) is 24.8 Å². The largest absolute Gasteiger partial charge is 0.436 e. The van der Waals surface area contributed by atoms with E-state index in [4.69, 9.17) is 4.42 Å². The maximum absolute atomic E-state index is 13.9. The second-order valence-electron chi connectivity index (χ2n) is 6.33. The number of benzene rings is 1. The number of rotatable bonds is 3. The molecule has 0 aliphatic carbocycles. The number of hydrogen-bond donors (Lipinski definition) is 0. The number of aryl methyl sites for hydroxylation is 1. The van der Waals surface area contributed by atoms with E-state index in [0.717, 1.165) is 0 Å². The first-order valence-electron chi connectivity index (χ1n) is 8.23. The van der Waals surface area contributed by atoms with Crippen LogP contribution < -0.4 is 4.90 Å². The van der Waals surface area contributed by atoms with Crippen molar-refractivity contribution in [2.45, 2.75) is 26.7 Å². The molecule has 1 aliphatic rings. The molecule has 0 N–H and O–H groups in total. The zero-order valence-corrected chi connectivity index (χ0v) is 14.3. The molecular weight excluding hydrogens is 309 g/mol. The van der Waals surface area contributed by atoms with Crippen molar-refractivity contribution in [2.24, 2.45) is 0 Å². The number of aromatic nitrogens is 1. The monoisotopic (exact) mass is 331 g/mol. The van der Waals surface area contributed by atoms with Crippen LogP contribution in [0.2, 0.25) is 0 Å². The van der Waals surface area contributed by atoms with Gasteiger partial charge in [0, 0.05) is 33.1 Å². The average Bonchev–Trinajstić information content (AvgIpc) is 2.97. The predicted octanol–water partition coefficient (Wildman–Crippen LogP) is 3.21. The molecule has 1 amide bonds. The molecule has 0 spiro atoms. The Morgan fingerprint density at radius 1 is 1.21 bits per heavy atom. The minimum atomic E-state index is -0.231. The number of halogens is 1. The molecule has 128 valence electrons. The number of nitrogens with zero attached hydrogens (tertiary/aromatic N) is 3. The fraction of sp³-hybridized carbons (Fsp3) is 0.444. The summed E-state index contributed by atoms with van der Waals surface area (Å²) in [5, 5.41) is 0. The third kappa shape index (κ3) is 3.13. The van der Waals surface area contributed by atoms with E-state index in [1.54, 1.807) is 24.0 Å². The van der Waals surface area contributed by atoms with Crippen LogP contribution in [-0.2, 0) is 0 Å². The highest BCUT2D eigenvalue weighted by Gasteiger charge is 2.29. The third-order valence-corrected chi connectivity index (χ3v) is 4.26. The molecule has 1 saturated heterocycles. The fourth-order valence-corrected chi connectivity index (χ4v) is 2.99. The molecule has 2 heterocycles. The van der Waals surface area contributed by atoms with Crippen LogP contribution in [0, 0.1) is 12.7 Å². The van der Waals surface area contributed by atoms with E-state index in [1.165, 1.54) is 6.07 Å². The molecule has 5 nitrogen and oxygen atoms in total. The van der Waals surface area contributed by atoms with Gasteiger partial charge >= 0.3 is 0 Å². The number of carbonyl (C=O) groups excluding carboxylic acids is 1. The predicted molar refractivity (Wildman–Crippen MR) is 89.8 cm³/mol. The molecule has 1 aliphatic heterocycles. The number of carbonyl (C=O) groups is 1. The highest BCUT2D eigenvalue weighted by molar-refractivity contribution is 5.93. The molecule has 0 saturated carbocycles. The molecule has 0 bridgehead atoms. The molecule has 1 aromatic carbocycles. The lowest BCUT2D eigenvalue weighted by atomic mass is 10.1. The summed E-state index contributed by atoms with van der Waals surface area (Å²) in [7, 11) is 0. The molecule has 6 heteroatoms. The highest BCUT2D eigenvalue weighted by Crippen LogP contribution is 2.24. The van der Waals surface area contributed by atoms with E-state index in [9.17, 15) is 9.18 Å². The van der Waals surface area contributed by atoms with Crippen LogP contribution >= 0.6 is 0 Å². The van der Waals surface area contributed by atoms with E-state index in [-0.39, 0.29) is 17.6 Å². The summed E-state index contributed by atoms with van der Waals surface area (Å²) in [6.45, 7) is 7.98. The van der Waals surface area contributed by atoms with Crippen LogP contribution in [-0.4, -0.2) is 42.0 Å². The number of piperazine rings is 1. The SMILES string of the molecule is Cc1nc(C(C)C)c(C(=O)N2CCN(c3ccccc3F)CC2)o1. The van der Waals surface area contributed by atoms with Crippen LogP contribution in [0.15, 0.2) is 28.7 Å². The first-order chi connectivity index (χ1) is 11.5. The summed E-state index contributed by atoms with van der Waals surface area (Å²) in [6.07, 6.45) is 0. The quantitative estimate of drug-likeness (QED) is 0.866. The average molecular weight is 331 g/mol. The van der Waals surface area contributed by atoms with Gasteiger partial charge in [-0.2, -0.15) is 0 Å². The lowest BCUT2D eigenvalue weighted by Gasteiger charge is -2.35. The van der Waals surface area contributed by atoms with E-state index in [0.29, 0.717) is 49.2 Å². The topological polar surface area (TPSA) is 49.6 Å². The molecule has 3 rings (SSSR count). The fourth-order valence-electron chi connectivity index (χ4n) is 2.99. The summed E-state index contributed by atoms with van der Waals surface area (Å²) >= 11 is 0. The summed E-state index contributed by atoms with van der Waals surface area (Å²) < 4.78 is 19.4. The molecule has 0 unspecified atom stereocenters. The number of amides is 1. The van der Waals surface area contributed by atoms with Gasteiger partial charge in [-0.05, 0) is 18.1 Å². The van der Waals surface area contributed by atoms with E-state index in [2.05, 4.69) is 4.98 Å². The van der Waals surface area contributed by atoms with Gasteiger partial charge in [0.05, 0.1) is 11.4 Å². The second kappa shape index (κ2) is 6.63. The van der Waals surface area contributed by atoms with Crippen molar-refractivity contribution in [1.82, 2.24) is 9.88 Å². The highest BCUT2D eigenvalue weighted by atomic mass is 19.1. The Morgan fingerprint density at radius 2 is 1.88 bits per heavy atom. The minimum Gasteiger partial charge on any atom is -0.436 e. The Hall–Kier alpha value is -2.37. The van der Waals surface area contributed by atoms with E-state index >= 15 is 0 Å². The zero-order chi connectivity index (χ0) is 17.3. The van der Waals surface area contributed by atoms with Crippen LogP contribution in [0.1, 0.15) is 41.9 Å². The summed E-state index contributed by atoms with van der Waals surface area (Å²) in [5.41, 5.74) is 1.29. The Balaban J connectivity index is 1.71. The van der Waals surface area contributed by atoms with Crippen molar-refractivity contribution in [1.29, 1.82) is 0 Å². The first-order valence-corrected chi connectivity index (χ1v) is 8.23. The summed E-state index contributed by atoms with van der Waals surface area (Å²) in [6, 6.07) is 6.73. The molecule has 24 heavy (non-hydrogen) atoms. The summed E-state index contributed by atoms with van der Waals surface area (Å²) in [4.78, 5) is 20.8. The van der Waals surface area contributed by atoms with Gasteiger partial charge in [0.15, 0.2) is 5.89 Å². The Bertz CT molecular complexity index is 734. The van der Waals surface area contributed by atoms with Crippen molar-refractivity contribution in [3.8, 4) is 0 Å². The maximum Gasteiger partial charge on any atom is 0.291 e. The molecule has 0 atom stereocenters. The lowest BCUT2D eigenvalue weighted by molar-refractivity contribution is 0.0711. The van der Waals surface area contributed by atoms with Gasteiger partial charge in [-0.25, -0.2) is 9.37 Å². The second-order valence-corrected chi connectivity index (χ2v) is 6.33. The van der Waals surface area contributed by atoms with Crippen LogP contribution in [0.3, 0.4) is 0 Å². The molecule has 0 radical (unpaired) electrons. The van der Waals surface area contributed by atoms with Crippen molar-refractivity contribution in [3.63, 3.8) is 0 Å². The van der Waals surface area contributed by atoms with Gasteiger partial charge in [0.1, 0.15) is 5.82 Å². The molecule has 1 aromatic heterocycles. The zero-order valence-electron chi connectivity index (χ0n) is 14.3. The van der Waals surface area contributed by atoms with Crippen LogP contribution in [0.4, 0.5) is 10.1 Å². The Labute approximate surface area is 141 Å². The molecule has 1 fully saturated rings. The molecule has 2 aromatic rings. The van der Waals surface area contributed by atoms with Crippen LogP contribution in [0.25, 0.3) is 0 Å². The Kier molecular flexibility index (Phi) is 4.55. The number of hydrogen-bond acceptors (Lipinski definition) is 4. The van der Waals surface area contributed by atoms with Gasteiger partial charge < -0.3 is 14.2 Å². The molecular formula is C18H22FN3O2.